The Kier molecular flexibility index (Phi) is 5.77. The lowest BCUT2D eigenvalue weighted by molar-refractivity contribution is -0.127. The van der Waals surface area contributed by atoms with Crippen LogP contribution in [0.2, 0.25) is 0 Å². The predicted molar refractivity (Wildman–Crippen MR) is 92.3 cm³/mol. The van der Waals surface area contributed by atoms with Crippen molar-refractivity contribution in [3.63, 3.8) is 0 Å². The molecule has 0 bridgehead atoms. The molecule has 0 aliphatic heterocycles. The summed E-state index contributed by atoms with van der Waals surface area (Å²) < 4.78 is 0. The van der Waals surface area contributed by atoms with E-state index in [9.17, 15) is 4.79 Å². The fourth-order valence-corrected chi connectivity index (χ4v) is 3.16. The van der Waals surface area contributed by atoms with Crippen LogP contribution >= 0.6 is 11.8 Å². The maximum absolute atomic E-state index is 12.2. The zero-order chi connectivity index (χ0) is 16.1. The zero-order valence-electron chi connectivity index (χ0n) is 13.7. The third-order valence-corrected chi connectivity index (χ3v) is 4.53. The van der Waals surface area contributed by atoms with Crippen LogP contribution in [0.25, 0.3) is 10.9 Å². The number of amides is 1. The summed E-state index contributed by atoms with van der Waals surface area (Å²) in [5, 5.41) is 1.92. The van der Waals surface area contributed by atoms with Gasteiger partial charge in [0.2, 0.25) is 5.91 Å². The largest absolute Gasteiger partial charge is 0.343 e. The lowest BCUT2D eigenvalue weighted by atomic mass is 10.2. The first-order valence-corrected chi connectivity index (χ1v) is 8.72. The summed E-state index contributed by atoms with van der Waals surface area (Å²) in [5.74, 6) is 1.67. The van der Waals surface area contributed by atoms with Gasteiger partial charge in [0.05, 0.1) is 11.3 Å². The highest BCUT2D eigenvalue weighted by atomic mass is 32.2. The van der Waals surface area contributed by atoms with Gasteiger partial charge in [0.25, 0.3) is 0 Å². The smallest absolute Gasteiger partial charge is 0.232 e. The van der Waals surface area contributed by atoms with Crippen LogP contribution < -0.4 is 0 Å². The molecule has 0 fully saturated rings. The van der Waals surface area contributed by atoms with Crippen LogP contribution in [0.1, 0.15) is 39.4 Å². The molecule has 5 heteroatoms. The van der Waals surface area contributed by atoms with E-state index in [0.717, 1.165) is 34.8 Å². The third kappa shape index (κ3) is 3.77. The Balaban J connectivity index is 2.28. The number of nitrogens with zero attached hydrogens (tertiary/aromatic N) is 3. The van der Waals surface area contributed by atoms with Gasteiger partial charge in [0, 0.05) is 24.4 Å². The third-order valence-electron chi connectivity index (χ3n) is 3.55. The van der Waals surface area contributed by atoms with E-state index in [0.29, 0.717) is 5.75 Å². The fraction of sp³-hybridized carbons (Fsp3) is 0.471. The first-order valence-electron chi connectivity index (χ1n) is 7.74. The molecule has 0 atom stereocenters. The number of rotatable bonds is 6. The van der Waals surface area contributed by atoms with Crippen LogP contribution in [0.15, 0.2) is 29.3 Å². The molecule has 0 spiro atoms. The van der Waals surface area contributed by atoms with Crippen molar-refractivity contribution in [3.8, 4) is 0 Å². The van der Waals surface area contributed by atoms with Crippen molar-refractivity contribution in [1.82, 2.24) is 14.9 Å². The molecular formula is C17H23N3OS. The van der Waals surface area contributed by atoms with Gasteiger partial charge in [-0.25, -0.2) is 9.97 Å². The summed E-state index contributed by atoms with van der Waals surface area (Å²) >= 11 is 1.51. The first kappa shape index (κ1) is 16.7. The van der Waals surface area contributed by atoms with Crippen molar-refractivity contribution in [2.24, 2.45) is 0 Å². The summed E-state index contributed by atoms with van der Waals surface area (Å²) in [4.78, 5) is 23.3. The fourth-order valence-electron chi connectivity index (χ4n) is 2.23. The number of para-hydroxylation sites is 1. The first-order chi connectivity index (χ1) is 10.6. The van der Waals surface area contributed by atoms with Crippen molar-refractivity contribution < 1.29 is 4.79 Å². The molecular weight excluding hydrogens is 294 g/mol. The highest BCUT2D eigenvalue weighted by Gasteiger charge is 2.14. The molecule has 2 rings (SSSR count). The molecule has 118 valence electrons. The van der Waals surface area contributed by atoms with Crippen molar-refractivity contribution in [2.75, 3.05) is 18.8 Å². The average molecular weight is 317 g/mol. The molecule has 1 aromatic carbocycles. The van der Waals surface area contributed by atoms with Crippen molar-refractivity contribution >= 4 is 28.6 Å². The predicted octanol–water partition coefficient (Wildman–Crippen LogP) is 3.71. The molecule has 1 amide bonds. The molecule has 0 aliphatic carbocycles. The van der Waals surface area contributed by atoms with Gasteiger partial charge >= 0.3 is 0 Å². The van der Waals surface area contributed by atoms with Crippen LogP contribution in [-0.4, -0.2) is 39.6 Å². The molecule has 0 saturated heterocycles. The monoisotopic (exact) mass is 317 g/mol. The second-order valence-electron chi connectivity index (χ2n) is 5.41. The standard InChI is InChI=1S/C17H23N3OS/c1-5-20(6-2)15(21)11-22-17-13-9-7-8-10-14(13)18-16(19-17)12(3)4/h7-10,12H,5-6,11H2,1-4H3. The molecule has 0 unspecified atom stereocenters. The average Bonchev–Trinajstić information content (AvgIpc) is 2.53. The lowest BCUT2D eigenvalue weighted by Gasteiger charge is -2.18. The normalized spacial score (nSPS) is 11.1. The number of aromatic nitrogens is 2. The van der Waals surface area contributed by atoms with Gasteiger partial charge in [-0.1, -0.05) is 43.8 Å². The minimum Gasteiger partial charge on any atom is -0.343 e. The topological polar surface area (TPSA) is 46.1 Å². The Morgan fingerprint density at radius 3 is 2.50 bits per heavy atom. The number of thioether (sulfide) groups is 1. The van der Waals surface area contributed by atoms with Crippen molar-refractivity contribution in [3.05, 3.63) is 30.1 Å². The Morgan fingerprint density at radius 1 is 1.18 bits per heavy atom. The van der Waals surface area contributed by atoms with E-state index in [2.05, 4.69) is 23.8 Å². The minimum absolute atomic E-state index is 0.156. The van der Waals surface area contributed by atoms with Crippen LogP contribution in [0.3, 0.4) is 0 Å². The van der Waals surface area contributed by atoms with Gasteiger partial charge in [-0.05, 0) is 19.9 Å². The summed E-state index contributed by atoms with van der Waals surface area (Å²) in [6.07, 6.45) is 0. The van der Waals surface area contributed by atoms with Crippen LogP contribution in [0.5, 0.6) is 0 Å². The van der Waals surface area contributed by atoms with Gasteiger partial charge in [-0.2, -0.15) is 0 Å². The van der Waals surface area contributed by atoms with Crippen LogP contribution in [-0.2, 0) is 4.79 Å². The van der Waals surface area contributed by atoms with E-state index in [1.54, 1.807) is 0 Å². The molecule has 0 N–H and O–H groups in total. The Hall–Kier alpha value is -1.62. The van der Waals surface area contributed by atoms with Gasteiger partial charge in [-0.15, -0.1) is 0 Å². The van der Waals surface area contributed by atoms with Crippen LogP contribution in [0.4, 0.5) is 0 Å². The maximum atomic E-state index is 12.2. The van der Waals surface area contributed by atoms with Gasteiger partial charge in [0.1, 0.15) is 10.9 Å². The zero-order valence-corrected chi connectivity index (χ0v) is 14.5. The Morgan fingerprint density at radius 2 is 1.86 bits per heavy atom. The molecule has 22 heavy (non-hydrogen) atoms. The quantitative estimate of drug-likeness (QED) is 0.602. The van der Waals surface area contributed by atoms with Gasteiger partial charge in [-0.3, -0.25) is 4.79 Å². The summed E-state index contributed by atoms with van der Waals surface area (Å²) in [6, 6.07) is 7.98. The molecule has 1 heterocycles. The van der Waals surface area contributed by atoms with Crippen LogP contribution in [0, 0.1) is 0 Å². The van der Waals surface area contributed by atoms with Crippen molar-refractivity contribution in [1.29, 1.82) is 0 Å². The minimum atomic E-state index is 0.156. The Labute approximate surface area is 136 Å². The number of hydrogen-bond acceptors (Lipinski definition) is 4. The van der Waals surface area contributed by atoms with E-state index in [1.807, 2.05) is 43.0 Å². The number of fused-ring (bicyclic) bond motifs is 1. The van der Waals surface area contributed by atoms with E-state index in [-0.39, 0.29) is 11.8 Å². The summed E-state index contributed by atoms with van der Waals surface area (Å²) in [6.45, 7) is 9.67. The number of hydrogen-bond donors (Lipinski definition) is 0. The van der Waals surface area contributed by atoms with E-state index >= 15 is 0 Å². The highest BCUT2D eigenvalue weighted by molar-refractivity contribution is 8.00. The molecule has 0 radical (unpaired) electrons. The number of carbonyl (C=O) groups excluding carboxylic acids is 1. The molecule has 4 nitrogen and oxygen atoms in total. The maximum Gasteiger partial charge on any atom is 0.232 e. The molecule has 2 aromatic rings. The van der Waals surface area contributed by atoms with Crippen molar-refractivity contribution in [2.45, 2.75) is 38.6 Å². The lowest BCUT2D eigenvalue weighted by Crippen LogP contribution is -2.31. The number of carbonyl (C=O) groups is 1. The second kappa shape index (κ2) is 7.58. The van der Waals surface area contributed by atoms with Gasteiger partial charge < -0.3 is 4.90 Å². The molecule has 0 aliphatic rings. The van der Waals surface area contributed by atoms with Gasteiger partial charge in [0.15, 0.2) is 0 Å². The SMILES string of the molecule is CCN(CC)C(=O)CSc1nc(C(C)C)nc2ccccc12. The molecule has 0 saturated carbocycles. The second-order valence-corrected chi connectivity index (χ2v) is 6.38. The van der Waals surface area contributed by atoms with E-state index < -0.39 is 0 Å². The number of benzene rings is 1. The Bertz CT molecular complexity index is 653. The van der Waals surface area contributed by atoms with E-state index in [4.69, 9.17) is 0 Å². The highest BCUT2D eigenvalue weighted by Crippen LogP contribution is 2.27. The molecule has 1 aromatic heterocycles. The van der Waals surface area contributed by atoms with E-state index in [1.165, 1.54) is 11.8 Å². The summed E-state index contributed by atoms with van der Waals surface area (Å²) in [7, 11) is 0. The summed E-state index contributed by atoms with van der Waals surface area (Å²) in [5.41, 5.74) is 0.944.